The van der Waals surface area contributed by atoms with Crippen LogP contribution in [0, 0.1) is 0 Å². The van der Waals surface area contributed by atoms with E-state index < -0.39 is 0 Å². The van der Waals surface area contributed by atoms with Gasteiger partial charge in [0.15, 0.2) is 5.78 Å². The highest BCUT2D eigenvalue weighted by Gasteiger charge is 2.14. The normalized spacial score (nSPS) is 10.3. The Morgan fingerprint density at radius 1 is 1.53 bits per heavy atom. The van der Waals surface area contributed by atoms with Crippen molar-refractivity contribution >= 4 is 45.1 Å². The average Bonchev–Trinajstić information content (AvgIpc) is 2.28. The summed E-state index contributed by atoms with van der Waals surface area (Å²) in [4.78, 5) is 12.9. The van der Waals surface area contributed by atoms with Crippen molar-refractivity contribution in [3.8, 4) is 0 Å². The van der Waals surface area contributed by atoms with Crippen LogP contribution in [0.15, 0.2) is 23.1 Å². The molecule has 4 heteroatoms. The highest BCUT2D eigenvalue weighted by Crippen LogP contribution is 2.26. The molecule has 1 aromatic carbocycles. The number of alkyl halides is 2. The van der Waals surface area contributed by atoms with Crippen LogP contribution in [0.5, 0.6) is 0 Å². The van der Waals surface area contributed by atoms with Crippen LogP contribution in [0.4, 0.5) is 0 Å². The van der Waals surface area contributed by atoms with Crippen molar-refractivity contribution < 1.29 is 4.79 Å². The summed E-state index contributed by atoms with van der Waals surface area (Å²) in [6.07, 6.45) is 2.49. The van der Waals surface area contributed by atoms with E-state index in [-0.39, 0.29) is 5.78 Å². The van der Waals surface area contributed by atoms with E-state index >= 15 is 0 Å². The quantitative estimate of drug-likeness (QED) is 0.462. The number of carbonyl (C=O) groups excluding carboxylic acids is 1. The number of halogens is 2. The van der Waals surface area contributed by atoms with Crippen LogP contribution in [-0.4, -0.2) is 17.4 Å². The van der Waals surface area contributed by atoms with Gasteiger partial charge in [-0.15, -0.1) is 23.4 Å². The minimum absolute atomic E-state index is 0.160. The molecule has 0 bridgehead atoms. The standard InChI is InChI=1S/C11H12BrClOS/c1-15-10-4-2-3-8(7-13)11(10)9(14)5-6-12/h2-4H,5-7H2,1H3. The van der Waals surface area contributed by atoms with Gasteiger partial charge in [-0.3, -0.25) is 4.79 Å². The molecular formula is C11H12BrClOS. The Bertz CT molecular complexity index is 332. The molecule has 0 aliphatic heterocycles. The lowest BCUT2D eigenvalue weighted by Gasteiger charge is -2.09. The lowest BCUT2D eigenvalue weighted by atomic mass is 10.0. The zero-order valence-electron chi connectivity index (χ0n) is 8.43. The van der Waals surface area contributed by atoms with Gasteiger partial charge in [0.2, 0.25) is 0 Å². The molecule has 0 unspecified atom stereocenters. The smallest absolute Gasteiger partial charge is 0.165 e. The van der Waals surface area contributed by atoms with Gasteiger partial charge in [0.05, 0.1) is 0 Å². The third-order valence-electron chi connectivity index (χ3n) is 2.08. The van der Waals surface area contributed by atoms with Crippen molar-refractivity contribution in [3.63, 3.8) is 0 Å². The van der Waals surface area contributed by atoms with Gasteiger partial charge in [-0.2, -0.15) is 0 Å². The molecule has 1 aromatic rings. The van der Waals surface area contributed by atoms with E-state index in [1.165, 1.54) is 0 Å². The molecule has 1 nitrogen and oxygen atoms in total. The van der Waals surface area contributed by atoms with Crippen LogP contribution in [-0.2, 0) is 5.88 Å². The largest absolute Gasteiger partial charge is 0.294 e. The van der Waals surface area contributed by atoms with Crippen LogP contribution >= 0.6 is 39.3 Å². The Hall–Kier alpha value is 0.01000. The molecule has 0 heterocycles. The molecule has 0 spiro atoms. The van der Waals surface area contributed by atoms with Crippen molar-refractivity contribution in [2.24, 2.45) is 0 Å². The summed E-state index contributed by atoms with van der Waals surface area (Å²) in [5, 5.41) is 0.691. The van der Waals surface area contributed by atoms with Gasteiger partial charge < -0.3 is 0 Å². The summed E-state index contributed by atoms with van der Waals surface area (Å²) >= 11 is 10.7. The van der Waals surface area contributed by atoms with Crippen molar-refractivity contribution in [2.45, 2.75) is 17.2 Å². The third kappa shape index (κ3) is 3.23. The third-order valence-corrected chi connectivity index (χ3v) is 3.54. The van der Waals surface area contributed by atoms with Crippen molar-refractivity contribution in [3.05, 3.63) is 29.3 Å². The van der Waals surface area contributed by atoms with E-state index in [0.717, 1.165) is 16.0 Å². The van der Waals surface area contributed by atoms with Crippen LogP contribution in [0.25, 0.3) is 0 Å². The number of Topliss-reactive ketones (excluding diaryl/α,β-unsaturated/α-hetero) is 1. The SMILES string of the molecule is CSc1cccc(CCl)c1C(=O)CCBr. The second-order valence-corrected chi connectivity index (χ2v) is 4.90. The first kappa shape index (κ1) is 13.1. The number of benzene rings is 1. The number of hydrogen-bond donors (Lipinski definition) is 0. The fourth-order valence-electron chi connectivity index (χ4n) is 1.39. The lowest BCUT2D eigenvalue weighted by molar-refractivity contribution is 0.0986. The molecule has 1 rings (SSSR count). The Labute approximate surface area is 108 Å². The monoisotopic (exact) mass is 306 g/mol. The van der Waals surface area contributed by atoms with E-state index in [2.05, 4.69) is 15.9 Å². The number of rotatable bonds is 5. The zero-order valence-corrected chi connectivity index (χ0v) is 11.6. The minimum Gasteiger partial charge on any atom is -0.294 e. The van der Waals surface area contributed by atoms with E-state index in [1.54, 1.807) is 11.8 Å². The topological polar surface area (TPSA) is 17.1 Å². The molecule has 0 saturated heterocycles. The van der Waals surface area contributed by atoms with Gasteiger partial charge in [0, 0.05) is 28.1 Å². The number of hydrogen-bond acceptors (Lipinski definition) is 2. The molecule has 0 fully saturated rings. The second-order valence-electron chi connectivity index (χ2n) is 2.99. The Balaban J connectivity index is 3.15. The van der Waals surface area contributed by atoms with Gasteiger partial charge in [0.25, 0.3) is 0 Å². The molecule has 82 valence electrons. The first-order valence-electron chi connectivity index (χ1n) is 4.55. The zero-order chi connectivity index (χ0) is 11.3. The van der Waals surface area contributed by atoms with E-state index in [9.17, 15) is 4.79 Å². The highest BCUT2D eigenvalue weighted by atomic mass is 79.9. The molecular weight excluding hydrogens is 296 g/mol. The Morgan fingerprint density at radius 2 is 2.27 bits per heavy atom. The van der Waals surface area contributed by atoms with Crippen molar-refractivity contribution in [1.29, 1.82) is 0 Å². The molecule has 0 N–H and O–H groups in total. The summed E-state index contributed by atoms with van der Waals surface area (Å²) in [5.41, 5.74) is 1.72. The number of ketones is 1. The van der Waals surface area contributed by atoms with Gasteiger partial charge in [0.1, 0.15) is 0 Å². The molecule has 15 heavy (non-hydrogen) atoms. The van der Waals surface area contributed by atoms with Gasteiger partial charge >= 0.3 is 0 Å². The van der Waals surface area contributed by atoms with Crippen molar-refractivity contribution in [1.82, 2.24) is 0 Å². The highest BCUT2D eigenvalue weighted by molar-refractivity contribution is 9.09. The number of carbonyl (C=O) groups is 1. The van der Waals surface area contributed by atoms with Gasteiger partial charge in [-0.25, -0.2) is 0 Å². The molecule has 0 amide bonds. The predicted octanol–water partition coefficient (Wildman–Crippen LogP) is 4.12. The minimum atomic E-state index is 0.160. The molecule has 0 aliphatic rings. The Kier molecular flexibility index (Phi) is 5.72. The fraction of sp³-hybridized carbons (Fsp3) is 0.364. The van der Waals surface area contributed by atoms with E-state index in [0.29, 0.717) is 17.6 Å². The summed E-state index contributed by atoms with van der Waals surface area (Å²) in [6.45, 7) is 0. The molecule has 0 aromatic heterocycles. The van der Waals surface area contributed by atoms with Crippen LogP contribution in [0.3, 0.4) is 0 Å². The first-order valence-corrected chi connectivity index (χ1v) is 7.43. The maximum atomic E-state index is 11.9. The van der Waals surface area contributed by atoms with Crippen LogP contribution in [0.2, 0.25) is 0 Å². The number of thioether (sulfide) groups is 1. The molecule has 0 atom stereocenters. The van der Waals surface area contributed by atoms with E-state index in [1.807, 2.05) is 24.5 Å². The maximum absolute atomic E-state index is 11.9. The van der Waals surface area contributed by atoms with Crippen LogP contribution in [0.1, 0.15) is 22.3 Å². The fourth-order valence-corrected chi connectivity index (χ4v) is 2.63. The van der Waals surface area contributed by atoms with Gasteiger partial charge in [-0.1, -0.05) is 28.1 Å². The lowest BCUT2D eigenvalue weighted by Crippen LogP contribution is -2.05. The Morgan fingerprint density at radius 3 is 2.80 bits per heavy atom. The first-order chi connectivity index (χ1) is 7.24. The predicted molar refractivity (Wildman–Crippen MR) is 70.5 cm³/mol. The summed E-state index contributed by atoms with van der Waals surface area (Å²) in [6, 6.07) is 5.81. The van der Waals surface area contributed by atoms with Crippen LogP contribution < -0.4 is 0 Å². The summed E-state index contributed by atoms with van der Waals surface area (Å²) in [7, 11) is 0. The van der Waals surface area contributed by atoms with Crippen molar-refractivity contribution in [2.75, 3.05) is 11.6 Å². The van der Waals surface area contributed by atoms with Gasteiger partial charge in [-0.05, 0) is 17.9 Å². The summed E-state index contributed by atoms with van der Waals surface area (Å²) in [5.74, 6) is 0.546. The molecule has 0 saturated carbocycles. The maximum Gasteiger partial charge on any atom is 0.165 e. The second kappa shape index (κ2) is 6.56. The molecule has 0 radical (unpaired) electrons. The van der Waals surface area contributed by atoms with E-state index in [4.69, 9.17) is 11.6 Å². The summed E-state index contributed by atoms with van der Waals surface area (Å²) < 4.78 is 0. The average molecular weight is 308 g/mol. The molecule has 0 aliphatic carbocycles.